The maximum absolute atomic E-state index is 3.89. The minimum absolute atomic E-state index is 0.933. The van der Waals surface area contributed by atoms with E-state index >= 15 is 0 Å². The van der Waals surface area contributed by atoms with Gasteiger partial charge in [0, 0.05) is 17.5 Å². The van der Waals surface area contributed by atoms with E-state index in [1.165, 1.54) is 0 Å². The van der Waals surface area contributed by atoms with Crippen molar-refractivity contribution in [2.24, 2.45) is 0 Å². The van der Waals surface area contributed by atoms with Crippen molar-refractivity contribution in [3.63, 3.8) is 0 Å². The summed E-state index contributed by atoms with van der Waals surface area (Å²) in [4.78, 5) is 3.11. The van der Waals surface area contributed by atoms with Gasteiger partial charge < -0.3 is 4.98 Å². The molecule has 3 heteroatoms. The maximum Gasteiger partial charge on any atom is 0.0606 e. The lowest BCUT2D eigenvalue weighted by molar-refractivity contribution is 0.981. The van der Waals surface area contributed by atoms with E-state index < -0.39 is 0 Å². The highest BCUT2D eigenvalue weighted by Crippen LogP contribution is 2.14. The van der Waals surface area contributed by atoms with Crippen molar-refractivity contribution < 1.29 is 0 Å². The summed E-state index contributed by atoms with van der Waals surface area (Å²) in [5.74, 6) is 0. The van der Waals surface area contributed by atoms with Crippen molar-refractivity contribution in [1.29, 1.82) is 0 Å². The number of hydrogen-bond donors (Lipinski definition) is 1. The van der Waals surface area contributed by atoms with Crippen LogP contribution in [0.2, 0.25) is 0 Å². The topological polar surface area (TPSA) is 41.6 Å². The number of nitrogens with zero attached hydrogens (tertiary/aromatic N) is 2. The highest BCUT2D eigenvalue weighted by Gasteiger charge is 1.97. The molecule has 0 saturated heterocycles. The Labute approximate surface area is 70.5 Å². The van der Waals surface area contributed by atoms with Gasteiger partial charge in [-0.1, -0.05) is 0 Å². The van der Waals surface area contributed by atoms with E-state index in [1.54, 1.807) is 6.20 Å². The predicted octanol–water partition coefficient (Wildman–Crippen LogP) is 1.78. The van der Waals surface area contributed by atoms with Crippen LogP contribution in [0.1, 0.15) is 5.69 Å². The van der Waals surface area contributed by atoms with Crippen LogP contribution in [0.15, 0.2) is 30.6 Å². The maximum atomic E-state index is 3.89. The average molecular weight is 159 g/mol. The van der Waals surface area contributed by atoms with Gasteiger partial charge in [0.25, 0.3) is 0 Å². The first-order valence-electron chi connectivity index (χ1n) is 3.79. The van der Waals surface area contributed by atoms with Gasteiger partial charge in [-0.15, -0.1) is 0 Å². The first-order chi connectivity index (χ1) is 5.86. The summed E-state index contributed by atoms with van der Waals surface area (Å²) in [6.45, 7) is 1.93. The Morgan fingerprint density at radius 3 is 3.00 bits per heavy atom. The van der Waals surface area contributed by atoms with Gasteiger partial charge >= 0.3 is 0 Å². The third-order valence-corrected chi connectivity index (χ3v) is 1.69. The summed E-state index contributed by atoms with van der Waals surface area (Å²) in [5.41, 5.74) is 3.09. The van der Waals surface area contributed by atoms with E-state index in [9.17, 15) is 0 Å². The standard InChI is InChI=1S/C9H9N3/c1-7-5-8(6-11-12-7)9-3-2-4-10-9/h2-6,10H,1H3. The molecule has 0 aromatic carbocycles. The SMILES string of the molecule is Cc1cc(-c2ccc[nH]2)cnn1. The van der Waals surface area contributed by atoms with Crippen molar-refractivity contribution in [1.82, 2.24) is 15.2 Å². The molecule has 0 amide bonds. The molecule has 2 heterocycles. The quantitative estimate of drug-likeness (QED) is 0.689. The van der Waals surface area contributed by atoms with Crippen LogP contribution in [0.25, 0.3) is 11.3 Å². The van der Waals surface area contributed by atoms with Crippen LogP contribution in [0.5, 0.6) is 0 Å². The lowest BCUT2D eigenvalue weighted by atomic mass is 10.2. The largest absolute Gasteiger partial charge is 0.361 e. The molecule has 1 N–H and O–H groups in total. The molecular formula is C9H9N3. The molecule has 0 aliphatic heterocycles. The van der Waals surface area contributed by atoms with Gasteiger partial charge in [0.2, 0.25) is 0 Å². The van der Waals surface area contributed by atoms with Gasteiger partial charge in [-0.25, -0.2) is 0 Å². The van der Waals surface area contributed by atoms with Crippen LogP contribution in [0.4, 0.5) is 0 Å². The predicted molar refractivity (Wildman–Crippen MR) is 46.6 cm³/mol. The van der Waals surface area contributed by atoms with Gasteiger partial charge in [0.05, 0.1) is 11.9 Å². The fraction of sp³-hybridized carbons (Fsp3) is 0.111. The molecule has 3 nitrogen and oxygen atoms in total. The first-order valence-corrected chi connectivity index (χ1v) is 3.79. The van der Waals surface area contributed by atoms with Crippen molar-refractivity contribution in [3.05, 3.63) is 36.3 Å². The van der Waals surface area contributed by atoms with E-state index in [0.29, 0.717) is 0 Å². The zero-order chi connectivity index (χ0) is 8.39. The number of nitrogens with one attached hydrogen (secondary N) is 1. The molecule has 60 valence electrons. The first kappa shape index (κ1) is 7.03. The Kier molecular flexibility index (Phi) is 1.63. The van der Waals surface area contributed by atoms with Crippen molar-refractivity contribution in [3.8, 4) is 11.3 Å². The Morgan fingerprint density at radius 2 is 2.33 bits per heavy atom. The summed E-state index contributed by atoms with van der Waals surface area (Å²) in [6.07, 6.45) is 3.64. The third-order valence-electron chi connectivity index (χ3n) is 1.69. The molecule has 0 fully saturated rings. The molecule has 2 rings (SSSR count). The van der Waals surface area contributed by atoms with E-state index in [4.69, 9.17) is 0 Å². The molecule has 12 heavy (non-hydrogen) atoms. The van der Waals surface area contributed by atoms with Gasteiger partial charge in [-0.3, -0.25) is 0 Å². The summed E-state index contributed by atoms with van der Waals surface area (Å²) in [6, 6.07) is 5.97. The molecule has 0 radical (unpaired) electrons. The monoisotopic (exact) mass is 159 g/mol. The summed E-state index contributed by atoms with van der Waals surface area (Å²) in [7, 11) is 0. The lowest BCUT2D eigenvalue weighted by Gasteiger charge is -1.96. The smallest absolute Gasteiger partial charge is 0.0606 e. The average Bonchev–Trinajstić information content (AvgIpc) is 2.56. The normalized spacial score (nSPS) is 10.1. The number of aryl methyl sites for hydroxylation is 1. The number of H-pyrrole nitrogens is 1. The molecule has 2 aromatic rings. The third kappa shape index (κ3) is 1.21. The van der Waals surface area contributed by atoms with E-state index in [1.807, 2.05) is 31.3 Å². The molecule has 0 unspecified atom stereocenters. The lowest BCUT2D eigenvalue weighted by Crippen LogP contribution is -1.86. The Hall–Kier alpha value is -1.64. The molecule has 0 saturated carbocycles. The van der Waals surface area contributed by atoms with Gasteiger partial charge in [0.15, 0.2) is 0 Å². The zero-order valence-corrected chi connectivity index (χ0v) is 6.78. The summed E-state index contributed by atoms with van der Waals surface area (Å²) >= 11 is 0. The highest BCUT2D eigenvalue weighted by atomic mass is 15.1. The minimum atomic E-state index is 0.933. The second-order valence-electron chi connectivity index (χ2n) is 2.67. The van der Waals surface area contributed by atoms with Crippen LogP contribution in [-0.4, -0.2) is 15.2 Å². The second-order valence-corrected chi connectivity index (χ2v) is 2.67. The van der Waals surface area contributed by atoms with Gasteiger partial charge in [-0.2, -0.15) is 10.2 Å². The number of aromatic nitrogens is 3. The van der Waals surface area contributed by atoms with Crippen LogP contribution in [0, 0.1) is 6.92 Å². The van der Waals surface area contributed by atoms with E-state index in [0.717, 1.165) is 17.0 Å². The number of hydrogen-bond acceptors (Lipinski definition) is 2. The van der Waals surface area contributed by atoms with Crippen LogP contribution in [0.3, 0.4) is 0 Å². The van der Waals surface area contributed by atoms with Crippen molar-refractivity contribution in [2.75, 3.05) is 0 Å². The summed E-state index contributed by atoms with van der Waals surface area (Å²) in [5, 5.41) is 7.76. The molecular weight excluding hydrogens is 150 g/mol. The molecule has 0 bridgehead atoms. The Balaban J connectivity index is 2.48. The molecule has 0 spiro atoms. The molecule has 0 aliphatic carbocycles. The van der Waals surface area contributed by atoms with Crippen molar-refractivity contribution in [2.45, 2.75) is 6.92 Å². The second kappa shape index (κ2) is 2.77. The number of rotatable bonds is 1. The van der Waals surface area contributed by atoms with Gasteiger partial charge in [-0.05, 0) is 25.1 Å². The Bertz CT molecular complexity index is 365. The fourth-order valence-corrected chi connectivity index (χ4v) is 1.13. The van der Waals surface area contributed by atoms with Gasteiger partial charge in [0.1, 0.15) is 0 Å². The van der Waals surface area contributed by atoms with Crippen molar-refractivity contribution >= 4 is 0 Å². The molecule has 0 atom stereocenters. The Morgan fingerprint density at radius 1 is 1.42 bits per heavy atom. The fourth-order valence-electron chi connectivity index (χ4n) is 1.13. The number of aromatic amines is 1. The molecule has 2 aromatic heterocycles. The van der Waals surface area contributed by atoms with Crippen LogP contribution < -0.4 is 0 Å². The minimum Gasteiger partial charge on any atom is -0.361 e. The summed E-state index contributed by atoms with van der Waals surface area (Å²) < 4.78 is 0. The van der Waals surface area contributed by atoms with E-state index in [2.05, 4.69) is 15.2 Å². The van der Waals surface area contributed by atoms with E-state index in [-0.39, 0.29) is 0 Å². The molecule has 0 aliphatic rings. The highest BCUT2D eigenvalue weighted by molar-refractivity contribution is 5.57. The van der Waals surface area contributed by atoms with Crippen LogP contribution in [-0.2, 0) is 0 Å². The van der Waals surface area contributed by atoms with Crippen LogP contribution >= 0.6 is 0 Å². The zero-order valence-electron chi connectivity index (χ0n) is 6.78.